The predicted molar refractivity (Wildman–Crippen MR) is 95.6 cm³/mol. The Morgan fingerprint density at radius 2 is 1.91 bits per heavy atom. The van der Waals surface area contributed by atoms with Crippen LogP contribution >= 0.6 is 7.92 Å². The van der Waals surface area contributed by atoms with E-state index in [1.807, 2.05) is 32.1 Å². The third-order valence-corrected chi connectivity index (χ3v) is 4.96. The molecule has 0 N–H and O–H groups in total. The van der Waals surface area contributed by atoms with E-state index in [9.17, 15) is 4.79 Å². The summed E-state index contributed by atoms with van der Waals surface area (Å²) in [6.45, 7) is 8.76. The number of hydrogen-bond donors (Lipinski definition) is 0. The molecule has 0 fully saturated rings. The average Bonchev–Trinajstić information content (AvgIpc) is 2.94. The Bertz CT molecular complexity index is 943. The van der Waals surface area contributed by atoms with Gasteiger partial charge in [-0.15, -0.1) is 0 Å². The van der Waals surface area contributed by atoms with Gasteiger partial charge in [-0.25, -0.2) is 4.79 Å². The first-order chi connectivity index (χ1) is 11.0. The molecular weight excluding hydrogens is 311 g/mol. The maximum atomic E-state index is 11.7. The quantitative estimate of drug-likeness (QED) is 0.408. The molecular formula is C18H19O4P. The topological polar surface area (TPSA) is 52.6 Å². The molecule has 0 spiro atoms. The average molecular weight is 330 g/mol. The molecule has 0 unspecified atom stereocenters. The molecule has 0 bridgehead atoms. The van der Waals surface area contributed by atoms with Gasteiger partial charge in [0.25, 0.3) is 0 Å². The van der Waals surface area contributed by atoms with Crippen LogP contribution in [-0.4, -0.2) is 19.9 Å². The second-order valence-electron chi connectivity index (χ2n) is 5.83. The van der Waals surface area contributed by atoms with Crippen LogP contribution in [0.4, 0.5) is 0 Å². The summed E-state index contributed by atoms with van der Waals surface area (Å²) in [5.74, 6) is 0.496. The molecule has 120 valence electrons. The normalized spacial score (nSPS) is 11.3. The lowest BCUT2D eigenvalue weighted by atomic mass is 10.1. The van der Waals surface area contributed by atoms with E-state index in [1.54, 1.807) is 6.26 Å². The van der Waals surface area contributed by atoms with E-state index in [-0.39, 0.29) is 0 Å². The van der Waals surface area contributed by atoms with Crippen LogP contribution in [0.3, 0.4) is 0 Å². The van der Waals surface area contributed by atoms with Crippen LogP contribution in [0.2, 0.25) is 0 Å². The summed E-state index contributed by atoms with van der Waals surface area (Å²) in [5, 5.41) is 3.11. The first-order valence-corrected chi connectivity index (χ1v) is 9.63. The van der Waals surface area contributed by atoms with Crippen molar-refractivity contribution in [1.82, 2.24) is 0 Å². The molecule has 0 saturated carbocycles. The highest BCUT2D eigenvalue weighted by molar-refractivity contribution is 7.65. The Morgan fingerprint density at radius 3 is 2.61 bits per heavy atom. The van der Waals surface area contributed by atoms with Gasteiger partial charge in [-0.3, -0.25) is 0 Å². The Morgan fingerprint density at radius 1 is 1.17 bits per heavy atom. The van der Waals surface area contributed by atoms with Crippen molar-refractivity contribution in [3.8, 4) is 5.75 Å². The molecule has 0 aliphatic heterocycles. The van der Waals surface area contributed by atoms with Crippen molar-refractivity contribution in [2.75, 3.05) is 19.9 Å². The van der Waals surface area contributed by atoms with Crippen LogP contribution in [0.15, 0.2) is 49.7 Å². The van der Waals surface area contributed by atoms with Crippen molar-refractivity contribution >= 4 is 35.2 Å². The highest BCUT2D eigenvalue weighted by Crippen LogP contribution is 2.40. The Hall–Kier alpha value is -2.06. The second kappa shape index (κ2) is 6.21. The molecule has 1 aromatic carbocycles. The monoisotopic (exact) mass is 330 g/mol. The van der Waals surface area contributed by atoms with Crippen LogP contribution in [0.1, 0.15) is 13.8 Å². The van der Waals surface area contributed by atoms with E-state index >= 15 is 0 Å². The van der Waals surface area contributed by atoms with E-state index < -0.39 is 13.5 Å². The first-order valence-electron chi connectivity index (χ1n) is 7.39. The molecule has 0 radical (unpaired) electrons. The molecule has 0 atom stereocenters. The molecule has 3 aromatic rings. The summed E-state index contributed by atoms with van der Waals surface area (Å²) in [6, 6.07) is 5.22. The van der Waals surface area contributed by atoms with Crippen molar-refractivity contribution in [2.45, 2.75) is 13.8 Å². The number of allylic oxidation sites excluding steroid dienone is 1. The van der Waals surface area contributed by atoms with Crippen molar-refractivity contribution < 1.29 is 13.6 Å². The fourth-order valence-corrected chi connectivity index (χ4v) is 3.91. The fourth-order valence-electron chi connectivity index (χ4n) is 2.60. The summed E-state index contributed by atoms with van der Waals surface area (Å²) in [6.07, 6.45) is 3.62. The van der Waals surface area contributed by atoms with Crippen molar-refractivity contribution in [1.29, 1.82) is 0 Å². The Kier molecular flexibility index (Phi) is 4.27. The highest BCUT2D eigenvalue weighted by Gasteiger charge is 2.21. The van der Waals surface area contributed by atoms with Crippen molar-refractivity contribution in [3.63, 3.8) is 0 Å². The first kappa shape index (κ1) is 15.8. The molecule has 0 amide bonds. The van der Waals surface area contributed by atoms with E-state index in [0.29, 0.717) is 23.5 Å². The maximum Gasteiger partial charge on any atom is 0.336 e. The zero-order valence-electron chi connectivity index (χ0n) is 13.7. The molecule has 23 heavy (non-hydrogen) atoms. The highest BCUT2D eigenvalue weighted by atomic mass is 31.1. The van der Waals surface area contributed by atoms with Crippen LogP contribution in [0, 0.1) is 0 Å². The third kappa shape index (κ3) is 2.91. The van der Waals surface area contributed by atoms with Gasteiger partial charge in [0.2, 0.25) is 5.75 Å². The standard InChI is InChI=1S/C18H19O4P/c1-11(2)7-9-21-17-15-13(8-10-20-15)18(23(3)4)12-5-6-14(19)22-16(12)17/h5-8,10H,9H2,1-4H3. The maximum absolute atomic E-state index is 11.7. The van der Waals surface area contributed by atoms with Gasteiger partial charge in [0.15, 0.2) is 11.2 Å². The SMILES string of the molecule is CC(C)=CCOc1c2occc2c(P(C)C)c2ccc(=O)oc12. The number of hydrogen-bond acceptors (Lipinski definition) is 4. The lowest BCUT2D eigenvalue weighted by Gasteiger charge is -2.14. The zero-order valence-corrected chi connectivity index (χ0v) is 14.6. The molecule has 2 heterocycles. The summed E-state index contributed by atoms with van der Waals surface area (Å²) >= 11 is 0. The van der Waals surface area contributed by atoms with Gasteiger partial charge in [-0.2, -0.15) is 0 Å². The molecule has 0 saturated heterocycles. The minimum absolute atomic E-state index is 0.391. The smallest absolute Gasteiger partial charge is 0.336 e. The number of fused-ring (bicyclic) bond motifs is 2. The molecule has 4 nitrogen and oxygen atoms in total. The van der Waals surface area contributed by atoms with Gasteiger partial charge < -0.3 is 13.6 Å². The van der Waals surface area contributed by atoms with Crippen molar-refractivity contribution in [3.05, 3.63) is 46.5 Å². The summed E-state index contributed by atoms with van der Waals surface area (Å²) in [7, 11) is -0.404. The van der Waals surface area contributed by atoms with Crippen LogP contribution in [0.5, 0.6) is 5.75 Å². The van der Waals surface area contributed by atoms with Gasteiger partial charge >= 0.3 is 5.63 Å². The number of ether oxygens (including phenoxy) is 1. The lowest BCUT2D eigenvalue weighted by Crippen LogP contribution is -2.08. The van der Waals surface area contributed by atoms with E-state index in [4.69, 9.17) is 13.6 Å². The van der Waals surface area contributed by atoms with Gasteiger partial charge in [0.1, 0.15) is 6.61 Å². The second-order valence-corrected chi connectivity index (χ2v) is 8.06. The van der Waals surface area contributed by atoms with E-state index in [2.05, 4.69) is 13.3 Å². The number of furan rings is 1. The third-order valence-electron chi connectivity index (χ3n) is 3.59. The Labute approximate surface area is 135 Å². The van der Waals surface area contributed by atoms with E-state index in [1.165, 1.54) is 6.07 Å². The van der Waals surface area contributed by atoms with Crippen LogP contribution in [0.25, 0.3) is 21.9 Å². The van der Waals surface area contributed by atoms with Gasteiger partial charge in [-0.05, 0) is 50.7 Å². The summed E-state index contributed by atoms with van der Waals surface area (Å²) < 4.78 is 17.0. The van der Waals surface area contributed by atoms with E-state index in [0.717, 1.165) is 21.7 Å². The van der Waals surface area contributed by atoms with Crippen LogP contribution in [-0.2, 0) is 0 Å². The minimum atomic E-state index is -0.404. The summed E-state index contributed by atoms with van der Waals surface area (Å²) in [5.41, 5.74) is 1.88. The predicted octanol–water partition coefficient (Wildman–Crippen LogP) is 4.25. The van der Waals surface area contributed by atoms with Crippen molar-refractivity contribution in [2.24, 2.45) is 0 Å². The summed E-state index contributed by atoms with van der Waals surface area (Å²) in [4.78, 5) is 11.7. The van der Waals surface area contributed by atoms with Crippen LogP contribution < -0.4 is 15.7 Å². The molecule has 0 aliphatic rings. The molecule has 2 aromatic heterocycles. The lowest BCUT2D eigenvalue weighted by molar-refractivity contribution is 0.355. The zero-order chi connectivity index (χ0) is 16.6. The fraction of sp³-hybridized carbons (Fsp3) is 0.278. The minimum Gasteiger partial charge on any atom is -0.482 e. The van der Waals surface area contributed by atoms with Gasteiger partial charge in [0.05, 0.1) is 6.26 Å². The largest absolute Gasteiger partial charge is 0.482 e. The number of rotatable bonds is 4. The molecule has 5 heteroatoms. The Balaban J connectivity index is 2.33. The molecule has 0 aliphatic carbocycles. The van der Waals surface area contributed by atoms with Gasteiger partial charge in [0, 0.05) is 16.8 Å². The van der Waals surface area contributed by atoms with Gasteiger partial charge in [-0.1, -0.05) is 13.5 Å². The molecule has 3 rings (SSSR count). The number of benzene rings is 1.